The van der Waals surface area contributed by atoms with Crippen molar-refractivity contribution in [2.45, 2.75) is 12.8 Å². The number of hydrazone groups is 1. The Labute approximate surface area is 159 Å². The Bertz CT molecular complexity index is 1060. The molecule has 0 spiro atoms. The normalized spacial score (nSPS) is 15.9. The van der Waals surface area contributed by atoms with Crippen LogP contribution in [-0.4, -0.2) is 46.1 Å². The molecule has 0 bridgehead atoms. The predicted octanol–water partition coefficient (Wildman–Crippen LogP) is 2.27. The van der Waals surface area contributed by atoms with E-state index in [-0.39, 0.29) is 5.01 Å². The Morgan fingerprint density at radius 3 is 2.93 bits per heavy atom. The lowest BCUT2D eigenvalue weighted by Gasteiger charge is -2.29. The molecule has 0 saturated heterocycles. The van der Waals surface area contributed by atoms with Crippen LogP contribution in [0.3, 0.4) is 0 Å². The van der Waals surface area contributed by atoms with Crippen molar-refractivity contribution in [3.63, 3.8) is 0 Å². The Balaban J connectivity index is 1.68. The molecule has 0 fully saturated rings. The van der Waals surface area contributed by atoms with Gasteiger partial charge in [0.15, 0.2) is 11.9 Å². The van der Waals surface area contributed by atoms with Gasteiger partial charge in [0.2, 0.25) is 5.01 Å². The first-order valence-corrected chi connectivity index (χ1v) is 9.04. The number of hydrogen-bond acceptors (Lipinski definition) is 8. The van der Waals surface area contributed by atoms with Crippen molar-refractivity contribution in [1.29, 1.82) is 0 Å². The number of hydrogen-bond donors (Lipinski definition) is 1. The van der Waals surface area contributed by atoms with Crippen LogP contribution < -0.4 is 4.74 Å². The van der Waals surface area contributed by atoms with Crippen LogP contribution in [0.25, 0.3) is 10.3 Å². The zero-order valence-corrected chi connectivity index (χ0v) is 15.9. The molecular formula is C18H18N4O4S. The minimum Gasteiger partial charge on any atom is -0.497 e. The quantitative estimate of drug-likeness (QED) is 0.692. The molecule has 8 nitrogen and oxygen atoms in total. The van der Waals surface area contributed by atoms with Crippen molar-refractivity contribution in [3.8, 4) is 5.75 Å². The summed E-state index contributed by atoms with van der Waals surface area (Å²) in [7, 11) is 4.76. The van der Waals surface area contributed by atoms with Crippen LogP contribution >= 0.6 is 11.3 Å². The molecule has 0 amide bonds. The third kappa shape index (κ3) is 2.84. The number of carbonyl (C=O) groups excluding carboxylic acids is 1. The van der Waals surface area contributed by atoms with E-state index >= 15 is 0 Å². The number of methoxy groups -OCH3 is 2. The fraction of sp³-hybridized carbons (Fsp3) is 0.278. The molecule has 27 heavy (non-hydrogen) atoms. The molecule has 3 aromatic rings. The summed E-state index contributed by atoms with van der Waals surface area (Å²) in [4.78, 5) is 16.1. The van der Waals surface area contributed by atoms with Crippen molar-refractivity contribution in [1.82, 2.24) is 14.6 Å². The number of thiazole rings is 1. The van der Waals surface area contributed by atoms with Gasteiger partial charge < -0.3 is 19.1 Å². The molecule has 3 heterocycles. The number of rotatable bonds is 4. The van der Waals surface area contributed by atoms with Gasteiger partial charge in [-0.1, -0.05) is 12.1 Å². The maximum absolute atomic E-state index is 11.7. The van der Waals surface area contributed by atoms with E-state index in [1.54, 1.807) is 22.9 Å². The number of fused-ring (bicyclic) bond motifs is 3. The number of esters is 1. The van der Waals surface area contributed by atoms with Gasteiger partial charge in [0.25, 0.3) is 0 Å². The third-order valence-electron chi connectivity index (χ3n) is 4.51. The number of aliphatic hydroxyl groups is 1. The van der Waals surface area contributed by atoms with Crippen LogP contribution in [0.4, 0.5) is 0 Å². The van der Waals surface area contributed by atoms with E-state index < -0.39 is 12.2 Å². The standard InChI is InChI=1S/C18H18N4O4S/c1-21-13-12(14-15(21)20-16(27-14)18(24)26-3)8-19-22(17(13)23)9-10-5-4-6-11(7-10)25-2/h4-8,17,23H,9H2,1-3H3. The summed E-state index contributed by atoms with van der Waals surface area (Å²) < 4.78 is 12.6. The van der Waals surface area contributed by atoms with Gasteiger partial charge in [-0.05, 0) is 17.7 Å². The first-order chi connectivity index (χ1) is 13.0. The molecule has 0 radical (unpaired) electrons. The average Bonchev–Trinajstić information content (AvgIpc) is 3.23. The lowest BCUT2D eigenvalue weighted by atomic mass is 10.1. The Morgan fingerprint density at radius 1 is 1.37 bits per heavy atom. The number of aryl methyl sites for hydroxylation is 1. The number of aromatic nitrogens is 2. The van der Waals surface area contributed by atoms with Crippen molar-refractivity contribution < 1.29 is 19.4 Å². The van der Waals surface area contributed by atoms with E-state index in [2.05, 4.69) is 10.1 Å². The highest BCUT2D eigenvalue weighted by Gasteiger charge is 2.31. The van der Waals surface area contributed by atoms with E-state index in [0.29, 0.717) is 17.9 Å². The van der Waals surface area contributed by atoms with Crippen LogP contribution in [-0.2, 0) is 18.3 Å². The highest BCUT2D eigenvalue weighted by Crippen LogP contribution is 2.36. The second-order valence-corrected chi connectivity index (χ2v) is 7.09. The SMILES string of the molecule is COC(=O)c1nc2c(s1)c1c(n2C)C(O)N(Cc2cccc(OC)c2)N=C1. The largest absolute Gasteiger partial charge is 0.497 e. The van der Waals surface area contributed by atoms with Gasteiger partial charge in [0, 0.05) is 12.6 Å². The van der Waals surface area contributed by atoms with Gasteiger partial charge >= 0.3 is 5.97 Å². The summed E-state index contributed by atoms with van der Waals surface area (Å²) in [5.41, 5.74) is 3.06. The fourth-order valence-corrected chi connectivity index (χ4v) is 4.19. The van der Waals surface area contributed by atoms with Gasteiger partial charge in [0.05, 0.1) is 37.4 Å². The topological polar surface area (TPSA) is 89.2 Å². The summed E-state index contributed by atoms with van der Waals surface area (Å²) in [6, 6.07) is 7.63. The molecular weight excluding hydrogens is 368 g/mol. The zero-order valence-electron chi connectivity index (χ0n) is 15.0. The van der Waals surface area contributed by atoms with Crippen molar-refractivity contribution in [2.75, 3.05) is 14.2 Å². The number of nitrogens with zero attached hydrogens (tertiary/aromatic N) is 4. The number of aliphatic hydroxyl groups excluding tert-OH is 1. The summed E-state index contributed by atoms with van der Waals surface area (Å²) in [5.74, 6) is 0.278. The molecule has 9 heteroatoms. The van der Waals surface area contributed by atoms with E-state index in [9.17, 15) is 9.90 Å². The van der Waals surface area contributed by atoms with E-state index in [1.165, 1.54) is 18.4 Å². The van der Waals surface area contributed by atoms with E-state index in [4.69, 9.17) is 9.47 Å². The van der Waals surface area contributed by atoms with E-state index in [1.807, 2.05) is 31.3 Å². The highest BCUT2D eigenvalue weighted by molar-refractivity contribution is 7.20. The molecule has 0 aliphatic carbocycles. The third-order valence-corrected chi connectivity index (χ3v) is 5.57. The van der Waals surface area contributed by atoms with Gasteiger partial charge in [-0.25, -0.2) is 9.78 Å². The average molecular weight is 386 g/mol. The van der Waals surface area contributed by atoms with Crippen molar-refractivity contribution in [2.24, 2.45) is 12.1 Å². The molecule has 0 saturated carbocycles. The minimum atomic E-state index is -0.927. The molecule has 1 atom stereocenters. The predicted molar refractivity (Wildman–Crippen MR) is 101 cm³/mol. The number of ether oxygens (including phenoxy) is 2. The van der Waals surface area contributed by atoms with E-state index in [0.717, 1.165) is 21.6 Å². The maximum Gasteiger partial charge on any atom is 0.367 e. The summed E-state index contributed by atoms with van der Waals surface area (Å²) >= 11 is 1.23. The number of carbonyl (C=O) groups is 1. The summed E-state index contributed by atoms with van der Waals surface area (Å²) in [5, 5.41) is 17.2. The molecule has 1 aromatic carbocycles. The monoisotopic (exact) mass is 386 g/mol. The van der Waals surface area contributed by atoms with Gasteiger partial charge in [-0.15, -0.1) is 11.3 Å². The first-order valence-electron chi connectivity index (χ1n) is 8.22. The Kier molecular flexibility index (Phi) is 4.33. The number of benzene rings is 1. The molecule has 1 aliphatic heterocycles. The second kappa shape index (κ2) is 6.67. The smallest absolute Gasteiger partial charge is 0.367 e. The van der Waals surface area contributed by atoms with Gasteiger partial charge in [-0.2, -0.15) is 5.10 Å². The van der Waals surface area contributed by atoms with Crippen LogP contribution in [0, 0.1) is 0 Å². The minimum absolute atomic E-state index is 0.280. The molecule has 4 rings (SSSR count). The van der Waals surface area contributed by atoms with Crippen LogP contribution in [0.1, 0.15) is 32.9 Å². The van der Waals surface area contributed by atoms with Crippen LogP contribution in [0.2, 0.25) is 0 Å². The molecule has 1 N–H and O–H groups in total. The van der Waals surface area contributed by atoms with Gasteiger partial charge in [0.1, 0.15) is 5.75 Å². The zero-order chi connectivity index (χ0) is 19.1. The van der Waals surface area contributed by atoms with Crippen molar-refractivity contribution in [3.05, 3.63) is 46.1 Å². The molecule has 1 unspecified atom stereocenters. The molecule has 140 valence electrons. The molecule has 2 aromatic heterocycles. The van der Waals surface area contributed by atoms with Crippen LogP contribution in [0.5, 0.6) is 5.75 Å². The Morgan fingerprint density at radius 2 is 2.19 bits per heavy atom. The van der Waals surface area contributed by atoms with Gasteiger partial charge in [-0.3, -0.25) is 5.01 Å². The molecule has 1 aliphatic rings. The fourth-order valence-electron chi connectivity index (χ4n) is 3.16. The van der Waals surface area contributed by atoms with Crippen molar-refractivity contribution >= 4 is 33.9 Å². The second-order valence-electron chi connectivity index (χ2n) is 6.09. The maximum atomic E-state index is 11.7. The first kappa shape index (κ1) is 17.5. The Hall–Kier alpha value is -2.91. The lowest BCUT2D eigenvalue weighted by Crippen LogP contribution is -2.28. The van der Waals surface area contributed by atoms with Crippen LogP contribution in [0.15, 0.2) is 29.4 Å². The summed E-state index contributed by atoms with van der Waals surface area (Å²) in [6.45, 7) is 0.425. The summed E-state index contributed by atoms with van der Waals surface area (Å²) in [6.07, 6.45) is 0.772. The lowest BCUT2D eigenvalue weighted by molar-refractivity contribution is -0.0100. The highest BCUT2D eigenvalue weighted by atomic mass is 32.1.